The van der Waals surface area contributed by atoms with Crippen LogP contribution in [0.4, 0.5) is 5.69 Å². The fraction of sp³-hybridized carbons (Fsp3) is 0.481. The van der Waals surface area contributed by atoms with Gasteiger partial charge in [-0.3, -0.25) is 14.5 Å². The second-order valence-corrected chi connectivity index (χ2v) is 9.59. The molecule has 0 aromatic heterocycles. The predicted octanol–water partition coefficient (Wildman–Crippen LogP) is 3.04. The molecule has 0 bridgehead atoms. The minimum absolute atomic E-state index is 0.118. The van der Waals surface area contributed by atoms with Gasteiger partial charge >= 0.3 is 0 Å². The number of likely N-dealkylation sites (tertiary alicyclic amines) is 2. The van der Waals surface area contributed by atoms with Crippen molar-refractivity contribution in [2.45, 2.75) is 50.1 Å². The Morgan fingerprint density at radius 3 is 2.18 bits per heavy atom. The largest absolute Gasteiger partial charge is 0.341 e. The maximum Gasteiger partial charge on any atom is 0.247 e. The third kappa shape index (κ3) is 4.36. The van der Waals surface area contributed by atoms with E-state index in [4.69, 9.17) is 0 Å². The Morgan fingerprint density at radius 2 is 1.52 bits per heavy atom. The van der Waals surface area contributed by atoms with Gasteiger partial charge in [-0.15, -0.1) is 0 Å². The monoisotopic (exact) mass is 446 g/mol. The summed E-state index contributed by atoms with van der Waals surface area (Å²) >= 11 is 0. The van der Waals surface area contributed by atoms with E-state index in [1.807, 2.05) is 36.4 Å². The molecule has 2 aromatic carbocycles. The van der Waals surface area contributed by atoms with Crippen molar-refractivity contribution in [1.82, 2.24) is 15.1 Å². The lowest BCUT2D eigenvalue weighted by atomic mass is 9.84. The molecule has 174 valence electrons. The van der Waals surface area contributed by atoms with Crippen LogP contribution in [0.2, 0.25) is 0 Å². The third-order valence-electron chi connectivity index (χ3n) is 7.70. The number of amides is 2. The van der Waals surface area contributed by atoms with Crippen LogP contribution >= 0.6 is 0 Å². The summed E-state index contributed by atoms with van der Waals surface area (Å²) in [6, 6.07) is 20.4. The molecule has 3 fully saturated rings. The van der Waals surface area contributed by atoms with Gasteiger partial charge < -0.3 is 15.1 Å². The average Bonchev–Trinajstić information content (AvgIpc) is 3.19. The minimum Gasteiger partial charge on any atom is -0.341 e. The van der Waals surface area contributed by atoms with E-state index in [0.29, 0.717) is 6.67 Å². The Bertz CT molecular complexity index is 951. The average molecular weight is 447 g/mol. The molecule has 5 rings (SSSR count). The lowest BCUT2D eigenvalue weighted by Gasteiger charge is -2.46. The van der Waals surface area contributed by atoms with Gasteiger partial charge in [0.05, 0.1) is 12.7 Å². The van der Waals surface area contributed by atoms with Crippen LogP contribution in [-0.4, -0.2) is 66.0 Å². The van der Waals surface area contributed by atoms with Crippen molar-refractivity contribution in [2.75, 3.05) is 37.7 Å². The van der Waals surface area contributed by atoms with Crippen molar-refractivity contribution in [3.05, 3.63) is 66.2 Å². The highest BCUT2D eigenvalue weighted by atomic mass is 16.2. The molecule has 6 nitrogen and oxygen atoms in total. The number of anilines is 1. The summed E-state index contributed by atoms with van der Waals surface area (Å²) in [5, 5.41) is 3.08. The summed E-state index contributed by atoms with van der Waals surface area (Å²) in [4.78, 5) is 33.3. The summed E-state index contributed by atoms with van der Waals surface area (Å²) in [5.74, 6) is 0.373. The number of piperidine rings is 2. The highest BCUT2D eigenvalue weighted by Crippen LogP contribution is 2.37. The van der Waals surface area contributed by atoms with Gasteiger partial charge in [-0.25, -0.2) is 0 Å². The minimum atomic E-state index is -0.524. The Kier molecular flexibility index (Phi) is 6.36. The van der Waals surface area contributed by atoms with Gasteiger partial charge in [0, 0.05) is 31.9 Å². The quantitative estimate of drug-likeness (QED) is 0.767. The van der Waals surface area contributed by atoms with E-state index in [9.17, 15) is 9.59 Å². The molecule has 3 saturated heterocycles. The van der Waals surface area contributed by atoms with Gasteiger partial charge in [0.25, 0.3) is 0 Å². The van der Waals surface area contributed by atoms with Gasteiger partial charge in [-0.05, 0) is 56.2 Å². The molecule has 0 radical (unpaired) electrons. The number of nitrogens with one attached hydrogen (secondary N) is 1. The van der Waals surface area contributed by atoms with Crippen LogP contribution in [0.15, 0.2) is 60.7 Å². The van der Waals surface area contributed by atoms with Crippen LogP contribution in [0.5, 0.6) is 0 Å². The molecule has 6 heteroatoms. The van der Waals surface area contributed by atoms with E-state index in [0.717, 1.165) is 64.0 Å². The van der Waals surface area contributed by atoms with E-state index >= 15 is 0 Å². The van der Waals surface area contributed by atoms with Crippen LogP contribution in [0.1, 0.15) is 37.7 Å². The van der Waals surface area contributed by atoms with Gasteiger partial charge in [-0.2, -0.15) is 0 Å². The number of benzene rings is 2. The molecule has 0 aliphatic carbocycles. The molecule has 3 aliphatic heterocycles. The smallest absolute Gasteiger partial charge is 0.247 e. The number of rotatable bonds is 5. The Balaban J connectivity index is 1.35. The molecule has 1 spiro atoms. The number of hydrogen-bond donors (Lipinski definition) is 1. The van der Waals surface area contributed by atoms with Crippen molar-refractivity contribution in [3.8, 4) is 0 Å². The summed E-state index contributed by atoms with van der Waals surface area (Å²) in [7, 11) is 0. The number of carbonyl (C=O) groups excluding carboxylic acids is 2. The van der Waals surface area contributed by atoms with Crippen molar-refractivity contribution in [2.24, 2.45) is 0 Å². The van der Waals surface area contributed by atoms with E-state index in [-0.39, 0.29) is 17.9 Å². The molecule has 2 aromatic rings. The van der Waals surface area contributed by atoms with Crippen molar-refractivity contribution in [3.63, 3.8) is 0 Å². The molecule has 2 amide bonds. The molecule has 33 heavy (non-hydrogen) atoms. The van der Waals surface area contributed by atoms with Crippen LogP contribution in [-0.2, 0) is 16.0 Å². The molecule has 1 atom stereocenters. The Labute approximate surface area is 196 Å². The maximum absolute atomic E-state index is 13.7. The molecule has 3 heterocycles. The number of hydrogen-bond acceptors (Lipinski definition) is 4. The molecule has 1 N–H and O–H groups in total. The van der Waals surface area contributed by atoms with Gasteiger partial charge in [-0.1, -0.05) is 48.5 Å². The second-order valence-electron chi connectivity index (χ2n) is 9.59. The first kappa shape index (κ1) is 22.0. The fourth-order valence-electron chi connectivity index (χ4n) is 5.77. The lowest BCUT2D eigenvalue weighted by Crippen LogP contribution is -2.60. The van der Waals surface area contributed by atoms with Crippen LogP contribution < -0.4 is 10.2 Å². The topological polar surface area (TPSA) is 55.9 Å². The predicted molar refractivity (Wildman–Crippen MR) is 130 cm³/mol. The van der Waals surface area contributed by atoms with Crippen molar-refractivity contribution in [1.29, 1.82) is 0 Å². The summed E-state index contributed by atoms with van der Waals surface area (Å²) in [6.07, 6.45) is 5.58. The number of carbonyl (C=O) groups is 2. The zero-order valence-electron chi connectivity index (χ0n) is 19.3. The molecule has 0 saturated carbocycles. The number of nitrogens with zero attached hydrogens (tertiary/aromatic N) is 3. The first-order valence-corrected chi connectivity index (χ1v) is 12.4. The zero-order chi connectivity index (χ0) is 22.7. The lowest BCUT2D eigenvalue weighted by molar-refractivity contribution is -0.139. The van der Waals surface area contributed by atoms with Crippen LogP contribution in [0, 0.1) is 0 Å². The SMILES string of the molecule is O=C(C(Cc1ccccc1)N1CCC2(CC1)C(=O)NCN2c1ccccc1)N1CCCCC1. The highest BCUT2D eigenvalue weighted by Gasteiger charge is 2.51. The van der Waals surface area contributed by atoms with E-state index in [2.05, 4.69) is 44.3 Å². The Hall–Kier alpha value is -2.86. The normalized spacial score (nSPS) is 21.8. The van der Waals surface area contributed by atoms with Crippen LogP contribution in [0.3, 0.4) is 0 Å². The summed E-state index contributed by atoms with van der Waals surface area (Å²) in [5.41, 5.74) is 1.75. The van der Waals surface area contributed by atoms with Gasteiger partial charge in [0.15, 0.2) is 0 Å². The first-order valence-electron chi connectivity index (χ1n) is 12.4. The van der Waals surface area contributed by atoms with E-state index < -0.39 is 5.54 Å². The molecule has 1 unspecified atom stereocenters. The summed E-state index contributed by atoms with van der Waals surface area (Å²) < 4.78 is 0. The molecule has 3 aliphatic rings. The van der Waals surface area contributed by atoms with E-state index in [1.54, 1.807) is 0 Å². The van der Waals surface area contributed by atoms with Gasteiger partial charge in [0.2, 0.25) is 11.8 Å². The second kappa shape index (κ2) is 9.56. The molecular weight excluding hydrogens is 412 g/mol. The zero-order valence-corrected chi connectivity index (χ0v) is 19.3. The van der Waals surface area contributed by atoms with Crippen molar-refractivity contribution < 1.29 is 9.59 Å². The fourth-order valence-corrected chi connectivity index (χ4v) is 5.77. The van der Waals surface area contributed by atoms with Crippen molar-refractivity contribution >= 4 is 17.5 Å². The summed E-state index contributed by atoms with van der Waals surface area (Å²) in [6.45, 7) is 3.77. The van der Waals surface area contributed by atoms with Gasteiger partial charge in [0.1, 0.15) is 5.54 Å². The standard InChI is InChI=1S/C27H34N4O2/c32-25(30-16-8-3-9-17-30)24(20-22-10-4-1-5-11-22)29-18-14-27(15-19-29)26(33)28-21-31(27)23-12-6-2-7-13-23/h1-2,4-7,10-13,24H,3,8-9,14-21H2,(H,28,33). The van der Waals surface area contributed by atoms with E-state index in [1.165, 1.54) is 12.0 Å². The maximum atomic E-state index is 13.7. The molecular formula is C27H34N4O2. The first-order chi connectivity index (χ1) is 16.2. The van der Waals surface area contributed by atoms with Crippen LogP contribution in [0.25, 0.3) is 0 Å². The number of para-hydroxylation sites is 1. The highest BCUT2D eigenvalue weighted by molar-refractivity contribution is 5.93. The Morgan fingerprint density at radius 1 is 0.879 bits per heavy atom. The third-order valence-corrected chi connectivity index (χ3v) is 7.70.